The molecule has 0 aliphatic carbocycles. The predicted molar refractivity (Wildman–Crippen MR) is 31.8 cm³/mol. The SMILES string of the molecule is CCC1CN=C1C. The van der Waals surface area contributed by atoms with Gasteiger partial charge in [-0.05, 0) is 13.3 Å². The third-order valence-corrected chi connectivity index (χ3v) is 1.64. The van der Waals surface area contributed by atoms with Crippen molar-refractivity contribution in [1.29, 1.82) is 0 Å². The van der Waals surface area contributed by atoms with Gasteiger partial charge in [0.05, 0.1) is 0 Å². The van der Waals surface area contributed by atoms with Crippen molar-refractivity contribution >= 4 is 5.71 Å². The third kappa shape index (κ3) is 0.671. The van der Waals surface area contributed by atoms with Crippen LogP contribution in [0.15, 0.2) is 4.99 Å². The van der Waals surface area contributed by atoms with Crippen LogP contribution < -0.4 is 0 Å². The Morgan fingerprint density at radius 1 is 1.86 bits per heavy atom. The van der Waals surface area contributed by atoms with Gasteiger partial charge < -0.3 is 0 Å². The monoisotopic (exact) mass is 97.1 g/mol. The minimum Gasteiger partial charge on any atom is -0.293 e. The first-order chi connectivity index (χ1) is 3.34. The van der Waals surface area contributed by atoms with E-state index in [-0.39, 0.29) is 0 Å². The number of aliphatic imine (C=N–C) groups is 1. The average molecular weight is 97.2 g/mol. The predicted octanol–water partition coefficient (Wildman–Crippen LogP) is 1.49. The van der Waals surface area contributed by atoms with Crippen LogP contribution in [0.1, 0.15) is 20.3 Å². The van der Waals surface area contributed by atoms with Gasteiger partial charge in [-0.15, -0.1) is 0 Å². The van der Waals surface area contributed by atoms with Crippen LogP contribution in [0.5, 0.6) is 0 Å². The zero-order valence-electron chi connectivity index (χ0n) is 4.94. The van der Waals surface area contributed by atoms with Gasteiger partial charge in [0.15, 0.2) is 0 Å². The van der Waals surface area contributed by atoms with Gasteiger partial charge in [0, 0.05) is 18.2 Å². The Morgan fingerprint density at radius 3 is 2.57 bits per heavy atom. The molecule has 0 N–H and O–H groups in total. The molecule has 0 aromatic carbocycles. The summed E-state index contributed by atoms with van der Waals surface area (Å²) < 4.78 is 0. The molecule has 1 atom stereocenters. The smallest absolute Gasteiger partial charge is 0.0468 e. The lowest BCUT2D eigenvalue weighted by Crippen LogP contribution is -2.23. The van der Waals surface area contributed by atoms with Crippen molar-refractivity contribution < 1.29 is 0 Å². The molecule has 0 amide bonds. The molecular formula is C6H11N. The van der Waals surface area contributed by atoms with Gasteiger partial charge in [-0.3, -0.25) is 4.99 Å². The molecule has 1 aliphatic rings. The lowest BCUT2D eigenvalue weighted by atomic mass is 9.97. The average Bonchev–Trinajstić information content (AvgIpc) is 1.65. The van der Waals surface area contributed by atoms with E-state index in [2.05, 4.69) is 18.8 Å². The highest BCUT2D eigenvalue weighted by atomic mass is 14.8. The van der Waals surface area contributed by atoms with Crippen LogP contribution in [0.2, 0.25) is 0 Å². The van der Waals surface area contributed by atoms with Gasteiger partial charge in [0.25, 0.3) is 0 Å². The molecule has 7 heavy (non-hydrogen) atoms. The van der Waals surface area contributed by atoms with E-state index in [4.69, 9.17) is 0 Å². The van der Waals surface area contributed by atoms with E-state index in [1.807, 2.05) is 0 Å². The molecule has 0 fully saturated rings. The molecule has 1 heteroatoms. The largest absolute Gasteiger partial charge is 0.293 e. The van der Waals surface area contributed by atoms with Crippen molar-refractivity contribution in [2.24, 2.45) is 10.9 Å². The van der Waals surface area contributed by atoms with E-state index in [9.17, 15) is 0 Å². The molecule has 40 valence electrons. The van der Waals surface area contributed by atoms with E-state index in [0.29, 0.717) is 0 Å². The highest BCUT2D eigenvalue weighted by Gasteiger charge is 2.15. The highest BCUT2D eigenvalue weighted by molar-refractivity contribution is 5.88. The molecule has 0 spiro atoms. The molecule has 1 nitrogen and oxygen atoms in total. The van der Waals surface area contributed by atoms with Crippen molar-refractivity contribution in [2.45, 2.75) is 20.3 Å². The summed E-state index contributed by atoms with van der Waals surface area (Å²) >= 11 is 0. The topological polar surface area (TPSA) is 12.4 Å². The molecule has 0 aromatic heterocycles. The Hall–Kier alpha value is -0.330. The minimum atomic E-state index is 0.833. The Morgan fingerprint density at radius 2 is 2.57 bits per heavy atom. The fourth-order valence-electron chi connectivity index (χ4n) is 0.827. The Balaban J connectivity index is 2.37. The molecule has 1 unspecified atom stereocenters. The Labute approximate surface area is 44.5 Å². The number of nitrogens with zero attached hydrogens (tertiary/aromatic N) is 1. The summed E-state index contributed by atoms with van der Waals surface area (Å²) in [6.07, 6.45) is 1.27. The van der Waals surface area contributed by atoms with Crippen molar-refractivity contribution in [3.8, 4) is 0 Å². The van der Waals surface area contributed by atoms with E-state index >= 15 is 0 Å². The summed E-state index contributed by atoms with van der Waals surface area (Å²) in [4.78, 5) is 4.14. The van der Waals surface area contributed by atoms with Gasteiger partial charge in [-0.25, -0.2) is 0 Å². The van der Waals surface area contributed by atoms with Crippen LogP contribution in [-0.2, 0) is 0 Å². The summed E-state index contributed by atoms with van der Waals surface area (Å²) in [6.45, 7) is 5.41. The fourth-order valence-corrected chi connectivity index (χ4v) is 0.827. The number of rotatable bonds is 1. The van der Waals surface area contributed by atoms with Crippen LogP contribution in [0.4, 0.5) is 0 Å². The van der Waals surface area contributed by atoms with E-state index in [1.165, 1.54) is 12.1 Å². The van der Waals surface area contributed by atoms with Crippen LogP contribution in [0.3, 0.4) is 0 Å². The molecule has 0 saturated heterocycles. The maximum absolute atomic E-state index is 4.14. The summed E-state index contributed by atoms with van der Waals surface area (Å²) in [5.41, 5.74) is 1.35. The van der Waals surface area contributed by atoms with Crippen molar-refractivity contribution in [3.63, 3.8) is 0 Å². The first-order valence-electron chi connectivity index (χ1n) is 2.85. The van der Waals surface area contributed by atoms with Crippen molar-refractivity contribution in [3.05, 3.63) is 0 Å². The highest BCUT2D eigenvalue weighted by Crippen LogP contribution is 2.14. The maximum atomic E-state index is 4.14. The van der Waals surface area contributed by atoms with Crippen molar-refractivity contribution in [2.75, 3.05) is 6.54 Å². The maximum Gasteiger partial charge on any atom is 0.0468 e. The molecule has 0 bridgehead atoms. The second-order valence-corrected chi connectivity index (χ2v) is 2.09. The zero-order chi connectivity index (χ0) is 5.28. The molecule has 0 saturated carbocycles. The van der Waals surface area contributed by atoms with Crippen molar-refractivity contribution in [1.82, 2.24) is 0 Å². The standard InChI is InChI=1S/C6H11N/c1-3-6-4-7-5(6)2/h6H,3-4H2,1-2H3. The molecule has 1 heterocycles. The molecule has 0 aromatic rings. The molecule has 1 rings (SSSR count). The minimum absolute atomic E-state index is 0.833. The van der Waals surface area contributed by atoms with Crippen LogP contribution in [0, 0.1) is 5.92 Å². The zero-order valence-corrected chi connectivity index (χ0v) is 4.94. The lowest BCUT2D eigenvalue weighted by Gasteiger charge is -2.20. The van der Waals surface area contributed by atoms with Gasteiger partial charge in [-0.1, -0.05) is 6.92 Å². The number of hydrogen-bond donors (Lipinski definition) is 0. The number of hydrogen-bond acceptors (Lipinski definition) is 1. The second kappa shape index (κ2) is 1.65. The summed E-state index contributed by atoms with van der Waals surface area (Å²) in [7, 11) is 0. The first kappa shape index (κ1) is 4.82. The summed E-state index contributed by atoms with van der Waals surface area (Å²) in [5.74, 6) is 0.833. The summed E-state index contributed by atoms with van der Waals surface area (Å²) in [6, 6.07) is 0. The third-order valence-electron chi connectivity index (χ3n) is 1.64. The quantitative estimate of drug-likeness (QED) is 0.470. The fraction of sp³-hybridized carbons (Fsp3) is 0.833. The molecule has 0 radical (unpaired) electrons. The van der Waals surface area contributed by atoms with E-state index < -0.39 is 0 Å². The normalized spacial score (nSPS) is 28.9. The van der Waals surface area contributed by atoms with Gasteiger partial charge in [0.2, 0.25) is 0 Å². The Bertz CT molecular complexity index is 94.4. The lowest BCUT2D eigenvalue weighted by molar-refractivity contribution is 0.619. The van der Waals surface area contributed by atoms with E-state index in [0.717, 1.165) is 12.5 Å². The van der Waals surface area contributed by atoms with Crippen LogP contribution in [-0.4, -0.2) is 12.3 Å². The Kier molecular flexibility index (Phi) is 1.13. The molecule has 1 aliphatic heterocycles. The van der Waals surface area contributed by atoms with Crippen LogP contribution in [0.25, 0.3) is 0 Å². The summed E-state index contributed by atoms with van der Waals surface area (Å²) in [5, 5.41) is 0. The van der Waals surface area contributed by atoms with E-state index in [1.54, 1.807) is 0 Å². The van der Waals surface area contributed by atoms with Gasteiger partial charge in [0.1, 0.15) is 0 Å². The van der Waals surface area contributed by atoms with Gasteiger partial charge in [-0.2, -0.15) is 0 Å². The first-order valence-corrected chi connectivity index (χ1v) is 2.85. The van der Waals surface area contributed by atoms with Gasteiger partial charge >= 0.3 is 0 Å². The molecular weight excluding hydrogens is 86.1 g/mol. The second-order valence-electron chi connectivity index (χ2n) is 2.09. The van der Waals surface area contributed by atoms with Crippen LogP contribution >= 0.6 is 0 Å².